The highest BCUT2D eigenvalue weighted by atomic mass is 32.2. The Kier molecular flexibility index (Phi) is 8.19. The Bertz CT molecular complexity index is 1320. The molecule has 37 heavy (non-hydrogen) atoms. The normalized spacial score (nSPS) is 14.8. The minimum absolute atomic E-state index is 0.0831. The number of carbonyl (C=O) groups is 1. The lowest BCUT2D eigenvalue weighted by Crippen LogP contribution is -2.49. The van der Waals surface area contributed by atoms with Gasteiger partial charge in [0.2, 0.25) is 16.0 Å². The van der Waals surface area contributed by atoms with Crippen molar-refractivity contribution in [2.75, 3.05) is 51.3 Å². The first-order chi connectivity index (χ1) is 17.7. The first-order valence-electron chi connectivity index (χ1n) is 11.8. The number of aliphatic hydroxyl groups is 1. The third kappa shape index (κ3) is 5.81. The standard InChI is InChI=1S/C24H31N7O5S/c1-28(13-14-32)17-22-21(7-8-29(22)2)18-3-5-20(6-4-18)37(35,36)31-11-9-30(10-12-31)24-25-15-19(16-26-24)23(33)27-34/h3-8,15-16,32,34H,9-14,17H2,1-2H3,(H,27,33). The molecule has 0 spiro atoms. The number of rotatable bonds is 9. The van der Waals surface area contributed by atoms with Crippen molar-refractivity contribution >= 4 is 21.9 Å². The van der Waals surface area contributed by atoms with Crippen LogP contribution < -0.4 is 10.4 Å². The average molecular weight is 530 g/mol. The summed E-state index contributed by atoms with van der Waals surface area (Å²) in [5, 5.41) is 17.9. The molecule has 0 atom stereocenters. The molecule has 12 nitrogen and oxygen atoms in total. The molecule has 0 unspecified atom stereocenters. The monoisotopic (exact) mass is 529 g/mol. The number of hydroxylamine groups is 1. The van der Waals surface area contributed by atoms with Gasteiger partial charge in [-0.05, 0) is 30.8 Å². The number of piperazine rings is 1. The summed E-state index contributed by atoms with van der Waals surface area (Å²) in [5.74, 6) is -0.315. The Balaban J connectivity index is 1.43. The number of benzene rings is 1. The summed E-state index contributed by atoms with van der Waals surface area (Å²) in [5.41, 5.74) is 4.67. The first-order valence-corrected chi connectivity index (χ1v) is 13.2. The second-order valence-corrected chi connectivity index (χ2v) is 10.8. The number of aromatic nitrogens is 3. The van der Waals surface area contributed by atoms with Crippen LogP contribution in [0.15, 0.2) is 53.8 Å². The van der Waals surface area contributed by atoms with Crippen molar-refractivity contribution in [1.82, 2.24) is 29.2 Å². The highest BCUT2D eigenvalue weighted by Crippen LogP contribution is 2.28. The second kappa shape index (κ2) is 11.4. The zero-order valence-corrected chi connectivity index (χ0v) is 21.6. The highest BCUT2D eigenvalue weighted by Gasteiger charge is 2.29. The second-order valence-electron chi connectivity index (χ2n) is 8.88. The Hall–Kier alpha value is -3.36. The molecule has 1 aliphatic rings. The van der Waals surface area contributed by atoms with E-state index in [9.17, 15) is 18.3 Å². The zero-order chi connectivity index (χ0) is 26.6. The number of hydrogen-bond donors (Lipinski definition) is 3. The molecule has 0 bridgehead atoms. The van der Waals surface area contributed by atoms with E-state index in [0.29, 0.717) is 32.1 Å². The van der Waals surface area contributed by atoms with Crippen LogP contribution in [0.25, 0.3) is 11.1 Å². The maximum absolute atomic E-state index is 13.3. The van der Waals surface area contributed by atoms with Gasteiger partial charge in [-0.1, -0.05) is 12.1 Å². The van der Waals surface area contributed by atoms with Gasteiger partial charge in [0.05, 0.1) is 17.1 Å². The molecule has 1 fully saturated rings. The number of sulfonamides is 1. The molecule has 3 N–H and O–H groups in total. The van der Waals surface area contributed by atoms with Gasteiger partial charge >= 0.3 is 0 Å². The highest BCUT2D eigenvalue weighted by molar-refractivity contribution is 7.89. The minimum Gasteiger partial charge on any atom is -0.395 e. The van der Waals surface area contributed by atoms with Gasteiger partial charge in [-0.3, -0.25) is 14.9 Å². The fraction of sp³-hybridized carbons (Fsp3) is 0.375. The number of carbonyl (C=O) groups excluding carboxylic acids is 1. The summed E-state index contributed by atoms with van der Waals surface area (Å²) in [6, 6.07) is 8.94. The van der Waals surface area contributed by atoms with Crippen molar-refractivity contribution in [2.45, 2.75) is 11.4 Å². The maximum Gasteiger partial charge on any atom is 0.277 e. The van der Waals surface area contributed by atoms with Gasteiger partial charge in [0.15, 0.2) is 0 Å². The van der Waals surface area contributed by atoms with Crippen LogP contribution in [-0.4, -0.2) is 94.8 Å². The number of nitrogens with zero attached hydrogens (tertiary/aromatic N) is 6. The Morgan fingerprint density at radius 1 is 1.08 bits per heavy atom. The van der Waals surface area contributed by atoms with Crippen molar-refractivity contribution in [3.8, 4) is 11.1 Å². The third-order valence-electron chi connectivity index (χ3n) is 6.43. The maximum atomic E-state index is 13.3. The average Bonchev–Trinajstić information content (AvgIpc) is 3.28. The van der Waals surface area contributed by atoms with Crippen LogP contribution in [0.5, 0.6) is 0 Å². The molecule has 3 aromatic rings. The molecule has 2 aromatic heterocycles. The third-order valence-corrected chi connectivity index (χ3v) is 8.34. The zero-order valence-electron chi connectivity index (χ0n) is 20.8. The van der Waals surface area contributed by atoms with Crippen LogP contribution in [0.3, 0.4) is 0 Å². The minimum atomic E-state index is -3.68. The van der Waals surface area contributed by atoms with E-state index in [-0.39, 0.29) is 30.2 Å². The van der Waals surface area contributed by atoms with Crippen LogP contribution in [0.2, 0.25) is 0 Å². The lowest BCUT2D eigenvalue weighted by Gasteiger charge is -2.34. The molecule has 1 aromatic carbocycles. The van der Waals surface area contributed by atoms with Gasteiger partial charge in [-0.25, -0.2) is 23.9 Å². The number of anilines is 1. The van der Waals surface area contributed by atoms with E-state index < -0.39 is 15.9 Å². The fourth-order valence-electron chi connectivity index (χ4n) is 4.28. The summed E-state index contributed by atoms with van der Waals surface area (Å²) in [6.07, 6.45) is 4.59. The number of hydrogen-bond acceptors (Lipinski definition) is 9. The number of aryl methyl sites for hydroxylation is 1. The largest absolute Gasteiger partial charge is 0.395 e. The number of amides is 1. The molecule has 13 heteroatoms. The Labute approximate surface area is 215 Å². The van der Waals surface area contributed by atoms with Crippen molar-refractivity contribution < 1.29 is 23.5 Å². The summed E-state index contributed by atoms with van der Waals surface area (Å²) >= 11 is 0. The van der Waals surface area contributed by atoms with E-state index in [0.717, 1.165) is 16.8 Å². The van der Waals surface area contributed by atoms with Crippen LogP contribution in [0, 0.1) is 0 Å². The quantitative estimate of drug-likeness (QED) is 0.267. The van der Waals surface area contributed by atoms with Gasteiger partial charge in [-0.2, -0.15) is 4.31 Å². The van der Waals surface area contributed by atoms with Crippen molar-refractivity contribution in [1.29, 1.82) is 0 Å². The summed E-state index contributed by atoms with van der Waals surface area (Å²) in [6.45, 7) is 2.64. The van der Waals surface area contributed by atoms with Crippen molar-refractivity contribution in [3.05, 3.63) is 60.2 Å². The molecule has 1 saturated heterocycles. The number of aliphatic hydroxyl groups excluding tert-OH is 1. The summed E-state index contributed by atoms with van der Waals surface area (Å²) in [4.78, 5) is 23.8. The van der Waals surface area contributed by atoms with E-state index in [1.54, 1.807) is 12.1 Å². The molecule has 198 valence electrons. The molecule has 1 aliphatic heterocycles. The molecule has 0 saturated carbocycles. The van der Waals surface area contributed by atoms with E-state index in [1.807, 2.05) is 52.9 Å². The molecular formula is C24H31N7O5S. The molecule has 3 heterocycles. The SMILES string of the molecule is CN(CCO)Cc1c(-c2ccc(S(=O)(=O)N3CCN(c4ncc(C(=O)NO)cn4)CC3)cc2)ccn1C. The molecular weight excluding hydrogens is 498 g/mol. The molecule has 1 amide bonds. The van der Waals surface area contributed by atoms with E-state index in [4.69, 9.17) is 5.21 Å². The predicted octanol–water partition coefficient (Wildman–Crippen LogP) is 0.536. The predicted molar refractivity (Wildman–Crippen MR) is 137 cm³/mol. The van der Waals surface area contributed by atoms with Crippen LogP contribution in [0.4, 0.5) is 5.95 Å². The lowest BCUT2D eigenvalue weighted by molar-refractivity contribution is 0.0705. The van der Waals surface area contributed by atoms with Crippen LogP contribution >= 0.6 is 0 Å². The fourth-order valence-corrected chi connectivity index (χ4v) is 5.70. The Morgan fingerprint density at radius 2 is 1.73 bits per heavy atom. The van der Waals surface area contributed by atoms with E-state index in [2.05, 4.69) is 9.97 Å². The topological polar surface area (TPSA) is 144 Å². The van der Waals surface area contributed by atoms with Crippen molar-refractivity contribution in [2.24, 2.45) is 7.05 Å². The Morgan fingerprint density at radius 3 is 2.32 bits per heavy atom. The number of likely N-dealkylation sites (N-methyl/N-ethyl adjacent to an activating group) is 1. The van der Waals surface area contributed by atoms with Crippen LogP contribution in [-0.2, 0) is 23.6 Å². The lowest BCUT2D eigenvalue weighted by atomic mass is 10.1. The smallest absolute Gasteiger partial charge is 0.277 e. The van der Waals surface area contributed by atoms with Gasteiger partial charge < -0.3 is 14.6 Å². The van der Waals surface area contributed by atoms with Gasteiger partial charge in [0, 0.05) is 76.2 Å². The van der Waals surface area contributed by atoms with Gasteiger partial charge in [-0.15, -0.1) is 0 Å². The molecule has 0 aliphatic carbocycles. The van der Waals surface area contributed by atoms with Gasteiger partial charge in [0.25, 0.3) is 5.91 Å². The van der Waals surface area contributed by atoms with E-state index >= 15 is 0 Å². The molecule has 4 rings (SSSR count). The van der Waals surface area contributed by atoms with Gasteiger partial charge in [0.1, 0.15) is 0 Å². The number of nitrogens with one attached hydrogen (secondary N) is 1. The summed E-state index contributed by atoms with van der Waals surface area (Å²) < 4.78 is 30.1. The summed E-state index contributed by atoms with van der Waals surface area (Å²) in [7, 11) is 0.236. The van der Waals surface area contributed by atoms with Crippen LogP contribution in [0.1, 0.15) is 16.1 Å². The first kappa shape index (κ1) is 26.7. The van der Waals surface area contributed by atoms with E-state index in [1.165, 1.54) is 22.2 Å². The molecule has 0 radical (unpaired) electrons. The van der Waals surface area contributed by atoms with Crippen molar-refractivity contribution in [3.63, 3.8) is 0 Å².